The van der Waals surface area contributed by atoms with Gasteiger partial charge in [-0.2, -0.15) is 0 Å². The van der Waals surface area contributed by atoms with E-state index in [2.05, 4.69) is 0 Å². The highest BCUT2D eigenvalue weighted by Crippen LogP contribution is 2.40. The molecular formula is C24H27BF2N2O6. The number of methoxy groups -OCH3 is 1. The van der Waals surface area contributed by atoms with Crippen LogP contribution in [-0.2, 0) is 15.9 Å². The number of piperidine rings is 1. The van der Waals surface area contributed by atoms with Crippen LogP contribution in [0.3, 0.4) is 0 Å². The Kier molecular flexibility index (Phi) is 7.13. The third-order valence-electron chi connectivity index (χ3n) is 5.73. The molecule has 0 saturated carbocycles. The van der Waals surface area contributed by atoms with E-state index in [4.69, 9.17) is 18.8 Å². The van der Waals surface area contributed by atoms with Gasteiger partial charge in [0, 0.05) is 38.4 Å². The molecule has 35 heavy (non-hydrogen) atoms. The maximum absolute atomic E-state index is 13.6. The minimum absolute atomic E-state index is 0.195. The van der Waals surface area contributed by atoms with Crippen molar-refractivity contribution in [3.8, 4) is 11.5 Å². The molecular weight excluding hydrogens is 461 g/mol. The smallest absolute Gasteiger partial charge is 0.494 e. The van der Waals surface area contributed by atoms with Crippen molar-refractivity contribution in [1.82, 2.24) is 4.90 Å². The van der Waals surface area contributed by atoms with Crippen LogP contribution in [0.2, 0.25) is 0 Å². The van der Waals surface area contributed by atoms with Crippen LogP contribution in [0.15, 0.2) is 66.8 Å². The molecule has 0 aliphatic carbocycles. The third-order valence-corrected chi connectivity index (χ3v) is 5.73. The monoisotopic (exact) mass is 488 g/mol. The number of anilines is 1. The normalized spacial score (nSPS) is 20.9. The van der Waals surface area contributed by atoms with Crippen molar-refractivity contribution >= 4 is 18.3 Å². The van der Waals surface area contributed by atoms with Gasteiger partial charge in [0.15, 0.2) is 11.5 Å². The average Bonchev–Trinajstić information content (AvgIpc) is 2.81. The molecule has 0 amide bonds. The number of hydrogen-bond donors (Lipinski definition) is 2. The maximum Gasteiger partial charge on any atom is 0.636 e. The number of ether oxygens (including phenoxy) is 2. The van der Waals surface area contributed by atoms with Gasteiger partial charge in [0.25, 0.3) is 17.8 Å². The number of hydrogen-bond acceptors (Lipinski definition) is 8. The van der Waals surface area contributed by atoms with Crippen molar-refractivity contribution in [3.63, 3.8) is 0 Å². The Morgan fingerprint density at radius 3 is 2.23 bits per heavy atom. The highest BCUT2D eigenvalue weighted by Gasteiger charge is 2.35. The lowest BCUT2D eigenvalue weighted by Gasteiger charge is -2.34. The number of aliphatic hydroxyl groups is 2. The fourth-order valence-corrected chi connectivity index (χ4v) is 3.90. The molecule has 2 aromatic carbocycles. The molecule has 2 aliphatic heterocycles. The van der Waals surface area contributed by atoms with Gasteiger partial charge in [0.05, 0.1) is 25.2 Å². The first-order chi connectivity index (χ1) is 16.7. The quantitative estimate of drug-likeness (QED) is 0.593. The fourth-order valence-electron chi connectivity index (χ4n) is 3.90. The van der Waals surface area contributed by atoms with Crippen LogP contribution in [0.25, 0.3) is 0 Å². The van der Waals surface area contributed by atoms with E-state index in [9.17, 15) is 19.0 Å². The second-order valence-corrected chi connectivity index (χ2v) is 8.35. The summed E-state index contributed by atoms with van der Waals surface area (Å²) in [6, 6.07) is 12.5. The van der Waals surface area contributed by atoms with Crippen LogP contribution in [0.4, 0.5) is 14.5 Å². The van der Waals surface area contributed by atoms with Crippen LogP contribution >= 0.6 is 0 Å². The highest BCUT2D eigenvalue weighted by molar-refractivity contribution is 6.61. The Balaban J connectivity index is 1.43. The summed E-state index contributed by atoms with van der Waals surface area (Å²) in [5.74, 6) is -2.35. The Hall–Kier alpha value is -3.76. The van der Waals surface area contributed by atoms with Crippen LogP contribution in [-0.4, -0.2) is 55.4 Å². The number of nitrogens with zero attached hydrogens (tertiary/aromatic N) is 2. The molecule has 2 N–H and O–H groups in total. The molecule has 0 atom stereocenters. The summed E-state index contributed by atoms with van der Waals surface area (Å²) in [4.78, 5) is 3.28. The summed E-state index contributed by atoms with van der Waals surface area (Å²) in [5, 5.41) is 19.8. The minimum Gasteiger partial charge on any atom is -0.494 e. The third kappa shape index (κ3) is 6.03. The van der Waals surface area contributed by atoms with E-state index < -0.39 is 13.0 Å². The van der Waals surface area contributed by atoms with Gasteiger partial charge in [-0.25, -0.2) is 8.78 Å². The Bertz CT molecular complexity index is 1060. The molecule has 4 rings (SSSR count). The predicted octanol–water partition coefficient (Wildman–Crippen LogP) is 3.90. The SMILES string of the molecule is COc1c(OCc2ccc(B3O/C(O)=C\N(C)/C=C(/O)O3)cc2)cccc1N1CCC(F)(F)CC1. The lowest BCUT2D eigenvalue weighted by atomic mass is 9.78. The van der Waals surface area contributed by atoms with Crippen LogP contribution in [0.5, 0.6) is 11.5 Å². The molecule has 1 fully saturated rings. The van der Waals surface area contributed by atoms with Crippen molar-refractivity contribution in [2.45, 2.75) is 25.4 Å². The van der Waals surface area contributed by atoms with Gasteiger partial charge in [0.2, 0.25) is 0 Å². The summed E-state index contributed by atoms with van der Waals surface area (Å²) in [6.07, 6.45) is 2.20. The van der Waals surface area contributed by atoms with Crippen LogP contribution in [0.1, 0.15) is 18.4 Å². The lowest BCUT2D eigenvalue weighted by molar-refractivity contribution is -0.0221. The number of benzene rings is 2. The topological polar surface area (TPSA) is 83.9 Å². The van der Waals surface area contributed by atoms with E-state index >= 15 is 0 Å². The van der Waals surface area contributed by atoms with Gasteiger partial charge in [-0.1, -0.05) is 30.3 Å². The largest absolute Gasteiger partial charge is 0.636 e. The molecule has 0 aromatic heterocycles. The zero-order valence-electron chi connectivity index (χ0n) is 19.5. The highest BCUT2D eigenvalue weighted by atomic mass is 19.3. The van der Waals surface area contributed by atoms with Crippen LogP contribution < -0.4 is 19.8 Å². The summed E-state index contributed by atoms with van der Waals surface area (Å²) in [6.45, 7) is 0.711. The van der Waals surface area contributed by atoms with Gasteiger partial charge in [0.1, 0.15) is 6.61 Å². The summed E-state index contributed by atoms with van der Waals surface area (Å²) in [7, 11) is 2.09. The first-order valence-electron chi connectivity index (χ1n) is 11.1. The number of alkyl halides is 2. The van der Waals surface area contributed by atoms with E-state index in [1.54, 1.807) is 37.4 Å². The first kappa shape index (κ1) is 24.4. The molecule has 2 heterocycles. The zero-order chi connectivity index (χ0) is 25.0. The molecule has 1 saturated heterocycles. The first-order valence-corrected chi connectivity index (χ1v) is 11.1. The summed E-state index contributed by atoms with van der Waals surface area (Å²) in [5.41, 5.74) is 2.13. The number of aliphatic hydroxyl groups excluding tert-OH is 2. The fraction of sp³-hybridized carbons (Fsp3) is 0.333. The minimum atomic E-state index is -2.63. The van der Waals surface area contributed by atoms with Crippen molar-refractivity contribution in [1.29, 1.82) is 0 Å². The van der Waals surface area contributed by atoms with E-state index in [0.717, 1.165) is 11.3 Å². The number of halogens is 2. The maximum atomic E-state index is 13.6. The average molecular weight is 488 g/mol. The molecule has 2 aromatic rings. The molecule has 0 radical (unpaired) electrons. The van der Waals surface area contributed by atoms with Crippen LogP contribution in [0, 0.1) is 0 Å². The van der Waals surface area contributed by atoms with E-state index in [1.165, 1.54) is 24.4 Å². The van der Waals surface area contributed by atoms with Crippen molar-refractivity contribution in [2.75, 3.05) is 32.1 Å². The van der Waals surface area contributed by atoms with Crippen molar-refractivity contribution in [2.24, 2.45) is 0 Å². The Morgan fingerprint density at radius 1 is 1.00 bits per heavy atom. The predicted molar refractivity (Wildman–Crippen MR) is 127 cm³/mol. The van der Waals surface area contributed by atoms with Crippen molar-refractivity contribution < 1.29 is 37.8 Å². The summed E-state index contributed by atoms with van der Waals surface area (Å²) < 4.78 is 49.4. The second-order valence-electron chi connectivity index (χ2n) is 8.35. The van der Waals surface area contributed by atoms with Gasteiger partial charge in [-0.15, -0.1) is 0 Å². The standard InChI is InChI=1S/C24H27BF2N2O6/c1-28-14-21(30)34-25(35-22(31)15-28)18-8-6-17(7-9-18)16-33-20-5-3-4-19(23(20)32-2)29-12-10-24(26,27)11-13-29/h3-9,14-15,30-31H,10-13,16H2,1-2H3/b21-14-,22-15-. The summed E-state index contributed by atoms with van der Waals surface area (Å²) >= 11 is 0. The molecule has 0 spiro atoms. The number of rotatable bonds is 6. The Morgan fingerprint density at radius 2 is 1.63 bits per heavy atom. The lowest BCUT2D eigenvalue weighted by Crippen LogP contribution is -2.39. The van der Waals surface area contributed by atoms with Gasteiger partial charge < -0.3 is 38.8 Å². The van der Waals surface area contributed by atoms with E-state index in [-0.39, 0.29) is 44.4 Å². The van der Waals surface area contributed by atoms with Crippen molar-refractivity contribution in [3.05, 3.63) is 72.3 Å². The molecule has 0 unspecified atom stereocenters. The van der Waals surface area contributed by atoms with Gasteiger partial charge in [-0.05, 0) is 17.7 Å². The van der Waals surface area contributed by atoms with Gasteiger partial charge >= 0.3 is 7.12 Å². The second kappa shape index (κ2) is 10.2. The molecule has 2 aliphatic rings. The van der Waals surface area contributed by atoms with E-state index in [1.807, 2.05) is 17.0 Å². The van der Waals surface area contributed by atoms with E-state index in [0.29, 0.717) is 17.0 Å². The molecule has 11 heteroatoms. The molecule has 8 nitrogen and oxygen atoms in total. The Labute approximate surface area is 202 Å². The number of para-hydroxylation sites is 1. The molecule has 0 bridgehead atoms. The van der Waals surface area contributed by atoms with Gasteiger partial charge in [-0.3, -0.25) is 0 Å². The zero-order valence-corrected chi connectivity index (χ0v) is 19.5. The molecule has 186 valence electrons.